The van der Waals surface area contributed by atoms with Crippen molar-refractivity contribution in [3.63, 3.8) is 0 Å². The summed E-state index contributed by atoms with van der Waals surface area (Å²) in [7, 11) is 0. The smallest absolute Gasteiger partial charge is 0.0360 e. The van der Waals surface area contributed by atoms with Crippen molar-refractivity contribution in [2.45, 2.75) is 73.1 Å². The van der Waals surface area contributed by atoms with Gasteiger partial charge < -0.3 is 0 Å². The Morgan fingerprint density at radius 1 is 1.12 bits per heavy atom. The summed E-state index contributed by atoms with van der Waals surface area (Å²) in [4.78, 5) is 0. The van der Waals surface area contributed by atoms with Crippen LogP contribution in [0.4, 0.5) is 0 Å². The summed E-state index contributed by atoms with van der Waals surface area (Å²) in [5.74, 6) is 5.01. The zero-order chi connectivity index (χ0) is 12.1. The highest BCUT2D eigenvalue weighted by Crippen LogP contribution is 2.46. The number of rotatable bonds is 8. The lowest BCUT2D eigenvalue weighted by molar-refractivity contribution is 0.282. The minimum atomic E-state index is 0.931. The zero-order valence-corrected chi connectivity index (χ0v) is 12.1. The third-order valence-electron chi connectivity index (χ3n) is 4.74. The third-order valence-corrected chi connectivity index (χ3v) is 4.74. The first-order valence-electron chi connectivity index (χ1n) is 7.58. The van der Waals surface area contributed by atoms with Gasteiger partial charge in [-0.2, -0.15) is 0 Å². The molecule has 1 fully saturated rings. The molecule has 0 spiro atoms. The molecule has 0 aliphatic heterocycles. The Hall–Kier alpha value is 0. The molecule has 0 heterocycles. The molecule has 0 aromatic carbocycles. The van der Waals surface area contributed by atoms with E-state index in [4.69, 9.17) is 0 Å². The first kappa shape index (κ1) is 14.1. The standard InChI is InChI=1S/C16H32/c1-6-8-15(9-12(3)7-2)10-13(4)16-11-14(16)5/h12-16H,6-11H2,1-5H3. The molecule has 1 aliphatic carbocycles. The van der Waals surface area contributed by atoms with Crippen LogP contribution in [-0.4, -0.2) is 0 Å². The van der Waals surface area contributed by atoms with E-state index in [1.54, 1.807) is 0 Å². The molecule has 0 aromatic rings. The number of hydrogen-bond donors (Lipinski definition) is 0. The molecule has 1 rings (SSSR count). The molecule has 0 N–H and O–H groups in total. The molecular weight excluding hydrogens is 192 g/mol. The SMILES string of the molecule is CCCC(CC(C)CC)CC(C)C1CC1C. The van der Waals surface area contributed by atoms with Gasteiger partial charge in [0, 0.05) is 0 Å². The first-order valence-corrected chi connectivity index (χ1v) is 7.58. The predicted octanol–water partition coefficient (Wildman–Crippen LogP) is 5.52. The average molecular weight is 224 g/mol. The maximum atomic E-state index is 2.49. The molecule has 0 saturated heterocycles. The van der Waals surface area contributed by atoms with Crippen LogP contribution in [0.1, 0.15) is 73.1 Å². The van der Waals surface area contributed by atoms with E-state index in [0.717, 1.165) is 29.6 Å². The fraction of sp³-hybridized carbons (Fsp3) is 1.00. The highest BCUT2D eigenvalue weighted by atomic mass is 14.4. The topological polar surface area (TPSA) is 0 Å². The normalized spacial score (nSPS) is 29.8. The van der Waals surface area contributed by atoms with Gasteiger partial charge in [-0.25, -0.2) is 0 Å². The van der Waals surface area contributed by atoms with E-state index in [9.17, 15) is 0 Å². The molecule has 5 atom stereocenters. The first-order chi connectivity index (χ1) is 7.58. The highest BCUT2D eigenvalue weighted by molar-refractivity contribution is 4.87. The molecule has 96 valence electrons. The minimum Gasteiger partial charge on any atom is -0.0654 e. The maximum absolute atomic E-state index is 2.49. The van der Waals surface area contributed by atoms with Crippen molar-refractivity contribution in [1.29, 1.82) is 0 Å². The largest absolute Gasteiger partial charge is 0.0654 e. The predicted molar refractivity (Wildman–Crippen MR) is 73.5 cm³/mol. The Balaban J connectivity index is 2.31. The lowest BCUT2D eigenvalue weighted by Gasteiger charge is -2.23. The Kier molecular flexibility index (Phi) is 5.86. The van der Waals surface area contributed by atoms with Crippen LogP contribution in [-0.2, 0) is 0 Å². The van der Waals surface area contributed by atoms with Gasteiger partial charge in [0.05, 0.1) is 0 Å². The molecule has 16 heavy (non-hydrogen) atoms. The van der Waals surface area contributed by atoms with Gasteiger partial charge in [-0.3, -0.25) is 0 Å². The van der Waals surface area contributed by atoms with Crippen molar-refractivity contribution in [2.24, 2.45) is 29.6 Å². The summed E-state index contributed by atoms with van der Waals surface area (Å²) < 4.78 is 0. The zero-order valence-electron chi connectivity index (χ0n) is 12.1. The van der Waals surface area contributed by atoms with Gasteiger partial charge in [-0.05, 0) is 48.9 Å². The molecule has 0 heteroatoms. The van der Waals surface area contributed by atoms with Crippen LogP contribution in [0.2, 0.25) is 0 Å². The molecule has 5 unspecified atom stereocenters. The van der Waals surface area contributed by atoms with Crippen molar-refractivity contribution in [2.75, 3.05) is 0 Å². The van der Waals surface area contributed by atoms with Crippen LogP contribution in [0.25, 0.3) is 0 Å². The van der Waals surface area contributed by atoms with Gasteiger partial charge in [0.15, 0.2) is 0 Å². The molecule has 0 bridgehead atoms. The van der Waals surface area contributed by atoms with Crippen molar-refractivity contribution >= 4 is 0 Å². The Bertz CT molecular complexity index is 184. The fourth-order valence-electron chi connectivity index (χ4n) is 3.32. The Labute approximate surface area is 103 Å². The van der Waals surface area contributed by atoms with Crippen LogP contribution in [0.5, 0.6) is 0 Å². The fourth-order valence-corrected chi connectivity index (χ4v) is 3.32. The molecule has 0 amide bonds. The summed E-state index contributed by atoms with van der Waals surface area (Å²) in [6.07, 6.45) is 8.64. The van der Waals surface area contributed by atoms with Crippen molar-refractivity contribution < 1.29 is 0 Å². The number of hydrogen-bond acceptors (Lipinski definition) is 0. The summed E-state index contributed by atoms with van der Waals surface area (Å²) in [6, 6.07) is 0. The van der Waals surface area contributed by atoms with Crippen LogP contribution >= 0.6 is 0 Å². The average Bonchev–Trinajstić information content (AvgIpc) is 2.95. The van der Waals surface area contributed by atoms with Gasteiger partial charge in [-0.15, -0.1) is 0 Å². The van der Waals surface area contributed by atoms with E-state index in [-0.39, 0.29) is 0 Å². The van der Waals surface area contributed by atoms with Gasteiger partial charge in [0.1, 0.15) is 0 Å². The van der Waals surface area contributed by atoms with Crippen LogP contribution in [0, 0.1) is 29.6 Å². The second-order valence-electron chi connectivity index (χ2n) is 6.49. The van der Waals surface area contributed by atoms with Crippen molar-refractivity contribution in [3.05, 3.63) is 0 Å². The highest BCUT2D eigenvalue weighted by Gasteiger charge is 2.37. The van der Waals surface area contributed by atoms with E-state index in [2.05, 4.69) is 34.6 Å². The van der Waals surface area contributed by atoms with E-state index in [0.29, 0.717) is 0 Å². The van der Waals surface area contributed by atoms with Crippen LogP contribution < -0.4 is 0 Å². The monoisotopic (exact) mass is 224 g/mol. The Morgan fingerprint density at radius 3 is 2.19 bits per heavy atom. The van der Waals surface area contributed by atoms with Gasteiger partial charge in [-0.1, -0.05) is 53.9 Å². The third kappa shape index (κ3) is 4.47. The summed E-state index contributed by atoms with van der Waals surface area (Å²) >= 11 is 0. The van der Waals surface area contributed by atoms with Crippen LogP contribution in [0.15, 0.2) is 0 Å². The Morgan fingerprint density at radius 2 is 1.75 bits per heavy atom. The van der Waals surface area contributed by atoms with Crippen molar-refractivity contribution in [3.8, 4) is 0 Å². The molecule has 1 saturated carbocycles. The second kappa shape index (κ2) is 6.67. The molecule has 0 nitrogen and oxygen atoms in total. The maximum Gasteiger partial charge on any atom is -0.0360 e. The second-order valence-corrected chi connectivity index (χ2v) is 6.49. The molecular formula is C16H32. The van der Waals surface area contributed by atoms with Crippen LogP contribution in [0.3, 0.4) is 0 Å². The summed E-state index contributed by atoms with van der Waals surface area (Å²) in [5.41, 5.74) is 0. The summed E-state index contributed by atoms with van der Waals surface area (Å²) in [5, 5.41) is 0. The van der Waals surface area contributed by atoms with Gasteiger partial charge >= 0.3 is 0 Å². The quantitative estimate of drug-likeness (QED) is 0.509. The lowest BCUT2D eigenvalue weighted by Crippen LogP contribution is -2.12. The molecule has 1 aliphatic rings. The van der Waals surface area contributed by atoms with E-state index in [1.165, 1.54) is 38.5 Å². The molecule has 0 aromatic heterocycles. The minimum absolute atomic E-state index is 0.931. The van der Waals surface area contributed by atoms with Gasteiger partial charge in [0.2, 0.25) is 0 Å². The summed E-state index contributed by atoms with van der Waals surface area (Å²) in [6.45, 7) is 12.0. The molecule has 0 radical (unpaired) electrons. The van der Waals surface area contributed by atoms with Crippen molar-refractivity contribution in [1.82, 2.24) is 0 Å². The van der Waals surface area contributed by atoms with E-state index < -0.39 is 0 Å². The lowest BCUT2D eigenvalue weighted by atomic mass is 9.83. The van der Waals surface area contributed by atoms with E-state index >= 15 is 0 Å². The van der Waals surface area contributed by atoms with E-state index in [1.807, 2.05) is 0 Å². The van der Waals surface area contributed by atoms with Gasteiger partial charge in [0.25, 0.3) is 0 Å².